The van der Waals surface area contributed by atoms with Crippen LogP contribution >= 0.6 is 0 Å². The van der Waals surface area contributed by atoms with Crippen LogP contribution in [0.25, 0.3) is 0 Å². The van der Waals surface area contributed by atoms with Gasteiger partial charge < -0.3 is 25.2 Å². The molecule has 0 aromatic rings. The molecule has 1 heterocycles. The van der Waals surface area contributed by atoms with Crippen LogP contribution in [0.15, 0.2) is 0 Å². The molecule has 0 unspecified atom stereocenters. The normalized spacial score (nSPS) is 45.8. The maximum atomic E-state index is 9.11. The summed E-state index contributed by atoms with van der Waals surface area (Å²) >= 11 is 0. The van der Waals surface area contributed by atoms with Gasteiger partial charge >= 0.3 is 0 Å². The smallest absolute Gasteiger partial charge is 0.157 e. The Morgan fingerprint density at radius 2 is 1.91 bits per heavy atom. The molecule has 66 valence electrons. The molecule has 0 saturated carbocycles. The molecule has 0 aliphatic carbocycles. The fourth-order valence-electron chi connectivity index (χ4n) is 1.08. The number of aliphatic hydroxyl groups is 4. The second-order valence-corrected chi connectivity index (χ2v) is 2.61. The first-order chi connectivity index (χ1) is 5.15. The summed E-state index contributed by atoms with van der Waals surface area (Å²) in [6.07, 6.45) is -4.11. The van der Waals surface area contributed by atoms with Crippen LogP contribution in [0.4, 0.5) is 0 Å². The Bertz CT molecular complexity index is 128. The molecule has 0 amide bonds. The summed E-state index contributed by atoms with van der Waals surface area (Å²) in [6, 6.07) is 0. The van der Waals surface area contributed by atoms with Crippen molar-refractivity contribution in [2.24, 2.45) is 0 Å². The van der Waals surface area contributed by atoms with E-state index in [1.165, 1.54) is 0 Å². The lowest BCUT2D eigenvalue weighted by atomic mass is 10.0. The molecule has 0 aromatic heterocycles. The van der Waals surface area contributed by atoms with Gasteiger partial charge in [-0.05, 0) is 0 Å². The summed E-state index contributed by atoms with van der Waals surface area (Å²) in [7, 11) is 0. The van der Waals surface area contributed by atoms with Gasteiger partial charge in [0.15, 0.2) is 6.29 Å². The van der Waals surface area contributed by atoms with Crippen LogP contribution < -0.4 is 0 Å². The quantitative estimate of drug-likeness (QED) is 0.353. The van der Waals surface area contributed by atoms with E-state index in [9.17, 15) is 0 Å². The Morgan fingerprint density at radius 1 is 1.27 bits per heavy atom. The predicted molar refractivity (Wildman–Crippen MR) is 34.6 cm³/mol. The van der Waals surface area contributed by atoms with E-state index in [-0.39, 0.29) is 6.42 Å². The number of hydrogen-bond donors (Lipinski definition) is 4. The number of ether oxygens (including phenoxy) is 1. The highest BCUT2D eigenvalue weighted by atomic mass is 16.6. The van der Waals surface area contributed by atoms with E-state index in [0.717, 1.165) is 0 Å². The van der Waals surface area contributed by atoms with E-state index >= 15 is 0 Å². The van der Waals surface area contributed by atoms with Gasteiger partial charge in [0.2, 0.25) is 0 Å². The van der Waals surface area contributed by atoms with Crippen molar-refractivity contribution in [2.45, 2.75) is 31.0 Å². The van der Waals surface area contributed by atoms with Crippen LogP contribution in [-0.2, 0) is 4.74 Å². The van der Waals surface area contributed by atoms with Gasteiger partial charge in [-0.25, -0.2) is 0 Å². The number of hydrogen-bond acceptors (Lipinski definition) is 5. The first-order valence-electron chi connectivity index (χ1n) is 3.45. The van der Waals surface area contributed by atoms with Crippen LogP contribution in [0.2, 0.25) is 0 Å². The molecule has 0 spiro atoms. The Balaban J connectivity index is 2.51. The molecule has 11 heavy (non-hydrogen) atoms. The van der Waals surface area contributed by atoms with E-state index in [0.29, 0.717) is 0 Å². The van der Waals surface area contributed by atoms with Crippen molar-refractivity contribution < 1.29 is 25.2 Å². The molecule has 0 bridgehead atoms. The molecule has 5 heteroatoms. The Morgan fingerprint density at radius 3 is 2.45 bits per heavy atom. The van der Waals surface area contributed by atoms with Gasteiger partial charge in [0.25, 0.3) is 0 Å². The SMILES string of the molecule is OC[C@H]1O[C@@H](O)C[C@@H](O)[C@@H]1O. The monoisotopic (exact) mass is 164 g/mol. The van der Waals surface area contributed by atoms with Gasteiger partial charge in [-0.2, -0.15) is 0 Å². The molecule has 1 aliphatic heterocycles. The number of rotatable bonds is 1. The fourth-order valence-corrected chi connectivity index (χ4v) is 1.08. The minimum absolute atomic E-state index is 0.0162. The third kappa shape index (κ3) is 1.88. The first-order valence-corrected chi connectivity index (χ1v) is 3.45. The highest BCUT2D eigenvalue weighted by molar-refractivity contribution is 4.81. The lowest BCUT2D eigenvalue weighted by Gasteiger charge is -2.33. The summed E-state index contributed by atoms with van der Waals surface area (Å²) < 4.78 is 4.71. The van der Waals surface area contributed by atoms with Crippen molar-refractivity contribution in [3.8, 4) is 0 Å². The van der Waals surface area contributed by atoms with Gasteiger partial charge in [0.05, 0.1) is 12.7 Å². The zero-order valence-electron chi connectivity index (χ0n) is 5.92. The highest BCUT2D eigenvalue weighted by Gasteiger charge is 2.35. The molecule has 1 aliphatic rings. The fraction of sp³-hybridized carbons (Fsp3) is 1.00. The summed E-state index contributed by atoms with van der Waals surface area (Å²) in [5.74, 6) is 0. The molecule has 4 atom stereocenters. The highest BCUT2D eigenvalue weighted by Crippen LogP contribution is 2.18. The molecule has 0 aromatic carbocycles. The summed E-state index contributed by atoms with van der Waals surface area (Å²) in [6.45, 7) is -0.407. The van der Waals surface area contributed by atoms with E-state index < -0.39 is 31.2 Å². The van der Waals surface area contributed by atoms with Crippen LogP contribution in [0.1, 0.15) is 6.42 Å². The second kappa shape index (κ2) is 3.46. The topological polar surface area (TPSA) is 90.2 Å². The second-order valence-electron chi connectivity index (χ2n) is 2.61. The van der Waals surface area contributed by atoms with Gasteiger partial charge in [-0.1, -0.05) is 0 Å². The van der Waals surface area contributed by atoms with E-state index in [1.54, 1.807) is 0 Å². The first kappa shape index (κ1) is 8.89. The molecule has 0 radical (unpaired) electrons. The van der Waals surface area contributed by atoms with Crippen molar-refractivity contribution in [1.82, 2.24) is 0 Å². The summed E-state index contributed by atoms with van der Waals surface area (Å²) in [5, 5.41) is 35.6. The average molecular weight is 164 g/mol. The van der Waals surface area contributed by atoms with Crippen molar-refractivity contribution in [1.29, 1.82) is 0 Å². The zero-order chi connectivity index (χ0) is 8.43. The third-order valence-electron chi connectivity index (χ3n) is 1.73. The Hall–Kier alpha value is -0.200. The van der Waals surface area contributed by atoms with Crippen molar-refractivity contribution in [3.05, 3.63) is 0 Å². The predicted octanol–water partition coefficient (Wildman–Crippen LogP) is -2.19. The van der Waals surface area contributed by atoms with E-state index in [1.807, 2.05) is 0 Å². The molecular weight excluding hydrogens is 152 g/mol. The molecule has 1 rings (SSSR count). The van der Waals surface area contributed by atoms with Gasteiger partial charge in [0, 0.05) is 6.42 Å². The lowest BCUT2D eigenvalue weighted by molar-refractivity contribution is -0.239. The van der Waals surface area contributed by atoms with Gasteiger partial charge in [-0.3, -0.25) is 0 Å². The number of aliphatic hydroxyl groups excluding tert-OH is 4. The van der Waals surface area contributed by atoms with E-state index in [4.69, 9.17) is 25.2 Å². The van der Waals surface area contributed by atoms with Crippen molar-refractivity contribution in [2.75, 3.05) is 6.61 Å². The molecule has 5 nitrogen and oxygen atoms in total. The maximum absolute atomic E-state index is 9.11. The summed E-state index contributed by atoms with van der Waals surface area (Å²) in [5.41, 5.74) is 0. The molecule has 1 fully saturated rings. The van der Waals surface area contributed by atoms with E-state index in [2.05, 4.69) is 0 Å². The Kier molecular flexibility index (Phi) is 2.80. The molecular formula is C6H12O5. The minimum atomic E-state index is -1.11. The van der Waals surface area contributed by atoms with Crippen molar-refractivity contribution in [3.63, 3.8) is 0 Å². The Labute approximate surface area is 63.8 Å². The maximum Gasteiger partial charge on any atom is 0.157 e. The molecule has 4 N–H and O–H groups in total. The molecule has 1 saturated heterocycles. The summed E-state index contributed by atoms with van der Waals surface area (Å²) in [4.78, 5) is 0. The van der Waals surface area contributed by atoms with Crippen LogP contribution in [0.5, 0.6) is 0 Å². The third-order valence-corrected chi connectivity index (χ3v) is 1.73. The standard InChI is InChI=1S/C6H12O5/c7-2-4-6(10)3(8)1-5(9)11-4/h3-10H,1-2H2/t3-,4-,5-,6+/m1/s1. The van der Waals surface area contributed by atoms with Crippen molar-refractivity contribution >= 4 is 0 Å². The van der Waals surface area contributed by atoms with Gasteiger partial charge in [0.1, 0.15) is 12.2 Å². The minimum Gasteiger partial charge on any atom is -0.394 e. The lowest BCUT2D eigenvalue weighted by Crippen LogP contribution is -2.49. The van der Waals surface area contributed by atoms with Gasteiger partial charge in [-0.15, -0.1) is 0 Å². The van der Waals surface area contributed by atoms with Crippen LogP contribution in [0, 0.1) is 0 Å². The van der Waals surface area contributed by atoms with Crippen LogP contribution in [-0.4, -0.2) is 51.6 Å². The average Bonchev–Trinajstić information content (AvgIpc) is 1.96. The zero-order valence-corrected chi connectivity index (χ0v) is 5.92. The van der Waals surface area contributed by atoms with Crippen LogP contribution in [0.3, 0.4) is 0 Å². The largest absolute Gasteiger partial charge is 0.394 e.